The van der Waals surface area contributed by atoms with Crippen molar-refractivity contribution in [2.45, 2.75) is 37.5 Å². The fourth-order valence-corrected chi connectivity index (χ4v) is 12.8. The fraction of sp³-hybridized carbons (Fsp3) is 0.196. The molecular weight excluding hydrogens is 745 g/mol. The summed E-state index contributed by atoms with van der Waals surface area (Å²) in [4.78, 5) is 9.94. The van der Waals surface area contributed by atoms with Crippen LogP contribution >= 0.6 is 0 Å². The number of benzene rings is 7. The van der Waals surface area contributed by atoms with Crippen molar-refractivity contribution in [2.24, 2.45) is 23.7 Å². The van der Waals surface area contributed by atoms with Crippen LogP contribution in [0.25, 0.3) is 38.4 Å². The molecule has 9 aromatic rings. The van der Waals surface area contributed by atoms with E-state index >= 15 is 0 Å². The highest BCUT2D eigenvalue weighted by Crippen LogP contribution is 2.66. The van der Waals surface area contributed by atoms with Gasteiger partial charge in [-0.2, -0.15) is 0 Å². The second kappa shape index (κ2) is 13.6. The average Bonchev–Trinajstić information content (AvgIpc) is 3.86. The predicted molar refractivity (Wildman–Crippen MR) is 249 cm³/mol. The topological polar surface area (TPSA) is 33.5 Å². The molecule has 0 unspecified atom stereocenters. The molecule has 2 aromatic heterocycles. The third kappa shape index (κ3) is 5.35. The van der Waals surface area contributed by atoms with Crippen molar-refractivity contribution < 1.29 is 4.74 Å². The van der Waals surface area contributed by atoms with Gasteiger partial charge in [0, 0.05) is 45.9 Å². The van der Waals surface area contributed by atoms with Crippen LogP contribution in [-0.2, 0) is 5.41 Å². The van der Waals surface area contributed by atoms with Gasteiger partial charge in [0.2, 0.25) is 0 Å². The Morgan fingerprint density at radius 2 is 1.13 bits per heavy atom. The zero-order valence-corrected chi connectivity index (χ0v) is 34.1. The molecule has 4 fully saturated rings. The minimum atomic E-state index is -0.0575. The van der Waals surface area contributed by atoms with Crippen LogP contribution in [0.1, 0.15) is 43.2 Å². The number of hydrogen-bond acceptors (Lipinski definition) is 4. The molecule has 5 nitrogen and oxygen atoms in total. The Morgan fingerprint density at radius 1 is 0.492 bits per heavy atom. The Morgan fingerprint density at radius 3 is 1.95 bits per heavy atom. The smallest absolute Gasteiger partial charge is 0.137 e. The molecule has 0 spiro atoms. The maximum Gasteiger partial charge on any atom is 0.137 e. The third-order valence-electron chi connectivity index (χ3n) is 14.9. The highest BCUT2D eigenvalue weighted by Gasteiger charge is 2.59. The summed E-state index contributed by atoms with van der Waals surface area (Å²) >= 11 is 0. The number of rotatable bonds is 7. The maximum atomic E-state index is 6.80. The van der Waals surface area contributed by atoms with Crippen molar-refractivity contribution in [3.05, 3.63) is 193 Å². The Kier molecular flexibility index (Phi) is 7.79. The molecule has 0 saturated heterocycles. The summed E-state index contributed by atoms with van der Waals surface area (Å²) in [6, 6.07) is 64.0. The van der Waals surface area contributed by atoms with Gasteiger partial charge in [0.05, 0.1) is 22.4 Å². The van der Waals surface area contributed by atoms with Crippen molar-refractivity contribution in [2.75, 3.05) is 16.5 Å². The van der Waals surface area contributed by atoms with Crippen molar-refractivity contribution in [1.29, 1.82) is 0 Å². The second-order valence-electron chi connectivity index (χ2n) is 18.1. The van der Waals surface area contributed by atoms with Crippen LogP contribution < -0.4 is 14.5 Å². The van der Waals surface area contributed by atoms with E-state index in [4.69, 9.17) is 9.72 Å². The quantitative estimate of drug-likeness (QED) is 0.161. The number of ether oxygens (including phenoxy) is 1. The predicted octanol–water partition coefficient (Wildman–Crippen LogP) is 14.1. The van der Waals surface area contributed by atoms with E-state index < -0.39 is 0 Å². The van der Waals surface area contributed by atoms with Gasteiger partial charge < -0.3 is 14.5 Å². The van der Waals surface area contributed by atoms with Crippen LogP contribution in [0.15, 0.2) is 182 Å². The summed E-state index contributed by atoms with van der Waals surface area (Å²) in [7, 11) is 0. The van der Waals surface area contributed by atoms with E-state index in [1.165, 1.54) is 81.8 Å². The van der Waals surface area contributed by atoms with Crippen LogP contribution in [0.5, 0.6) is 11.5 Å². The largest absolute Gasteiger partial charge is 0.457 e. The molecule has 296 valence electrons. The molecule has 4 aliphatic carbocycles. The molecule has 5 heteroatoms. The van der Waals surface area contributed by atoms with Crippen molar-refractivity contribution in [3.63, 3.8) is 0 Å². The Hall–Kier alpha value is -6.85. The molecule has 1 aliphatic heterocycles. The summed E-state index contributed by atoms with van der Waals surface area (Å²) in [5.41, 5.74) is 9.77. The van der Waals surface area contributed by atoms with Gasteiger partial charge in [-0.05, 0) is 144 Å². The number of nitrogens with zero attached hydrogens (tertiary/aromatic N) is 4. The van der Waals surface area contributed by atoms with E-state index in [0.717, 1.165) is 52.5 Å². The van der Waals surface area contributed by atoms with Gasteiger partial charge in [-0.15, -0.1) is 0 Å². The van der Waals surface area contributed by atoms with Crippen LogP contribution in [0.3, 0.4) is 0 Å². The summed E-state index contributed by atoms with van der Waals surface area (Å²) in [5, 5.41) is 5.15. The normalized spacial score (nSPS) is 22.7. The zero-order chi connectivity index (χ0) is 40.1. The van der Waals surface area contributed by atoms with E-state index in [-0.39, 0.29) is 5.41 Å². The van der Waals surface area contributed by atoms with Crippen LogP contribution in [0.4, 0.5) is 22.7 Å². The number of fused-ring (bicyclic) bond motifs is 5. The van der Waals surface area contributed by atoms with E-state index in [2.05, 4.69) is 196 Å². The molecule has 3 heterocycles. The molecule has 4 saturated carbocycles. The van der Waals surface area contributed by atoms with Gasteiger partial charge in [0.1, 0.15) is 24.0 Å². The first-order chi connectivity index (χ1) is 30.2. The lowest BCUT2D eigenvalue weighted by Gasteiger charge is -2.62. The summed E-state index contributed by atoms with van der Waals surface area (Å²) < 4.78 is 9.18. The standard InChI is InChI=1S/C56H46N4O/c1-2-14-43(15-3-1)58-36-59(53-23-9-8-22-52(53)58)44-16-11-17-45(34-44)61-46-24-25-49-48-19-6-7-21-51(48)60(54(49)35-46)55-33-40(26-27-57-55)56(41-29-37-28-38(31-41)32-42(56)30-37)50-20-10-13-39-12-4-5-18-47(39)50/h1-27,33-35,37-38,41-42H,28-32,36H2. The van der Waals surface area contributed by atoms with Gasteiger partial charge in [-0.3, -0.25) is 4.57 Å². The highest BCUT2D eigenvalue weighted by atomic mass is 16.5. The zero-order valence-electron chi connectivity index (χ0n) is 34.1. The first-order valence-electron chi connectivity index (χ1n) is 22.1. The summed E-state index contributed by atoms with van der Waals surface area (Å²) in [6.45, 7) is 0.718. The number of anilines is 4. The van der Waals surface area contributed by atoms with Crippen LogP contribution in [0, 0.1) is 23.7 Å². The second-order valence-corrected chi connectivity index (χ2v) is 18.1. The van der Waals surface area contributed by atoms with Crippen molar-refractivity contribution >= 4 is 55.3 Å². The summed E-state index contributed by atoms with van der Waals surface area (Å²) in [5.74, 6) is 5.52. The molecule has 5 aliphatic rings. The Bertz CT molecular complexity index is 3120. The lowest BCUT2D eigenvalue weighted by molar-refractivity contribution is -0.0412. The van der Waals surface area contributed by atoms with E-state index in [1.807, 2.05) is 0 Å². The molecule has 61 heavy (non-hydrogen) atoms. The number of hydrogen-bond donors (Lipinski definition) is 0. The minimum absolute atomic E-state index is 0.0575. The monoisotopic (exact) mass is 790 g/mol. The molecule has 0 amide bonds. The number of pyridine rings is 1. The number of para-hydroxylation sites is 4. The van der Waals surface area contributed by atoms with E-state index in [9.17, 15) is 0 Å². The molecule has 7 aromatic carbocycles. The van der Waals surface area contributed by atoms with Crippen molar-refractivity contribution in [1.82, 2.24) is 9.55 Å². The molecule has 4 bridgehead atoms. The first kappa shape index (κ1) is 35.0. The number of aromatic nitrogens is 2. The average molecular weight is 791 g/mol. The van der Waals surface area contributed by atoms with Gasteiger partial charge >= 0.3 is 0 Å². The Labute approximate surface area is 356 Å². The summed E-state index contributed by atoms with van der Waals surface area (Å²) in [6.07, 6.45) is 8.79. The maximum absolute atomic E-state index is 6.80. The van der Waals surface area contributed by atoms with Crippen molar-refractivity contribution in [3.8, 4) is 17.3 Å². The van der Waals surface area contributed by atoms with Crippen LogP contribution in [-0.4, -0.2) is 16.2 Å². The minimum Gasteiger partial charge on any atom is -0.457 e. The molecule has 0 N–H and O–H groups in total. The van der Waals surface area contributed by atoms with Gasteiger partial charge in [-0.25, -0.2) is 4.98 Å². The fourth-order valence-electron chi connectivity index (χ4n) is 12.8. The Balaban J connectivity index is 0.908. The highest BCUT2D eigenvalue weighted by molar-refractivity contribution is 6.09. The van der Waals surface area contributed by atoms with Gasteiger partial charge in [0.15, 0.2) is 0 Å². The third-order valence-corrected chi connectivity index (χ3v) is 14.9. The van der Waals surface area contributed by atoms with Gasteiger partial charge in [-0.1, -0.05) is 97.1 Å². The van der Waals surface area contributed by atoms with Crippen LogP contribution in [0.2, 0.25) is 0 Å². The molecule has 0 atom stereocenters. The van der Waals surface area contributed by atoms with E-state index in [0.29, 0.717) is 11.8 Å². The first-order valence-corrected chi connectivity index (χ1v) is 22.1. The molecule has 14 rings (SSSR count). The lowest BCUT2D eigenvalue weighted by atomic mass is 9.42. The van der Waals surface area contributed by atoms with Gasteiger partial charge in [0.25, 0.3) is 0 Å². The van der Waals surface area contributed by atoms with E-state index in [1.54, 1.807) is 0 Å². The molecular formula is C56H46N4O. The lowest BCUT2D eigenvalue weighted by Crippen LogP contribution is -2.56. The molecule has 0 radical (unpaired) electrons. The SMILES string of the molecule is c1ccc(N2CN(c3cccc(Oc4ccc5c6ccccc6n(-c6cc(C7(c8cccc9ccccc89)C8CC9CC(C8)CC7C9)ccn6)c5c4)c3)c3ccccc32)cc1.